The van der Waals surface area contributed by atoms with Gasteiger partial charge in [-0.2, -0.15) is 13.2 Å². The van der Waals surface area contributed by atoms with Gasteiger partial charge in [0.15, 0.2) is 5.82 Å². The number of amides is 1. The lowest BCUT2D eigenvalue weighted by molar-refractivity contribution is -0.138. The maximum absolute atomic E-state index is 12.9. The molecule has 0 saturated carbocycles. The normalized spacial score (nSPS) is 12.8. The summed E-state index contributed by atoms with van der Waals surface area (Å²) in [6.07, 6.45) is -2.67. The van der Waals surface area contributed by atoms with Crippen LogP contribution in [-0.4, -0.2) is 39.0 Å². The molecule has 0 spiro atoms. The standard InChI is InChI=1S/C15H17ClF3N5O3/c1-9(13-22-20-8-23(13)3-4-27-2)21-12(25)7-24-6-10(15(17,18)19)5-11(16)14(24)26/h5-6,8-9H,3-4,7H2,1-2H3,(H,21,25)/t9-/m0/s1. The Hall–Kier alpha value is -2.40. The average Bonchev–Trinajstić information content (AvgIpc) is 3.04. The molecule has 0 aromatic carbocycles. The third kappa shape index (κ3) is 5.30. The van der Waals surface area contributed by atoms with Crippen LogP contribution in [0, 0.1) is 0 Å². The van der Waals surface area contributed by atoms with Gasteiger partial charge in [-0.05, 0) is 13.0 Å². The van der Waals surface area contributed by atoms with Gasteiger partial charge in [-0.25, -0.2) is 0 Å². The molecule has 1 amide bonds. The molecule has 2 heterocycles. The molecular formula is C15H17ClF3N5O3. The van der Waals surface area contributed by atoms with Gasteiger partial charge in [-0.15, -0.1) is 10.2 Å². The molecule has 2 aromatic heterocycles. The highest BCUT2D eigenvalue weighted by molar-refractivity contribution is 6.30. The van der Waals surface area contributed by atoms with Gasteiger partial charge in [0.25, 0.3) is 5.56 Å². The van der Waals surface area contributed by atoms with Crippen LogP contribution in [0.3, 0.4) is 0 Å². The number of pyridine rings is 1. The highest BCUT2D eigenvalue weighted by atomic mass is 35.5. The second-order valence-electron chi connectivity index (χ2n) is 5.67. The zero-order chi connectivity index (χ0) is 20.2. The maximum Gasteiger partial charge on any atom is 0.417 e. The predicted molar refractivity (Wildman–Crippen MR) is 89.2 cm³/mol. The first-order valence-corrected chi connectivity index (χ1v) is 8.14. The molecule has 0 aliphatic heterocycles. The van der Waals surface area contributed by atoms with Crippen LogP contribution in [0.25, 0.3) is 0 Å². The Balaban J connectivity index is 2.13. The summed E-state index contributed by atoms with van der Waals surface area (Å²) in [5.74, 6) is -0.240. The number of hydrogen-bond donors (Lipinski definition) is 1. The number of ether oxygens (including phenoxy) is 1. The molecule has 1 atom stereocenters. The van der Waals surface area contributed by atoms with Gasteiger partial charge < -0.3 is 19.2 Å². The SMILES string of the molecule is COCCn1cnnc1[C@H](C)NC(=O)Cn1cc(C(F)(F)F)cc(Cl)c1=O. The summed E-state index contributed by atoms with van der Waals surface area (Å²) in [5.41, 5.74) is -2.01. The maximum atomic E-state index is 12.9. The molecule has 27 heavy (non-hydrogen) atoms. The Kier molecular flexibility index (Phi) is 6.60. The van der Waals surface area contributed by atoms with E-state index in [0.29, 0.717) is 35.8 Å². The second-order valence-corrected chi connectivity index (χ2v) is 6.08. The van der Waals surface area contributed by atoms with Crippen LogP contribution >= 0.6 is 11.6 Å². The largest absolute Gasteiger partial charge is 0.417 e. The van der Waals surface area contributed by atoms with Crippen LogP contribution in [0.15, 0.2) is 23.4 Å². The molecule has 0 saturated heterocycles. The third-order valence-electron chi connectivity index (χ3n) is 3.63. The Bertz CT molecular complexity index is 865. The number of methoxy groups -OCH3 is 1. The molecule has 0 bridgehead atoms. The van der Waals surface area contributed by atoms with Crippen LogP contribution in [0.4, 0.5) is 13.2 Å². The number of carbonyl (C=O) groups is 1. The van der Waals surface area contributed by atoms with E-state index in [0.717, 1.165) is 0 Å². The summed E-state index contributed by atoms with van der Waals surface area (Å²) in [7, 11) is 1.53. The van der Waals surface area contributed by atoms with Crippen molar-refractivity contribution in [2.24, 2.45) is 0 Å². The summed E-state index contributed by atoms with van der Waals surface area (Å²) in [6.45, 7) is 1.87. The Morgan fingerprint density at radius 2 is 2.11 bits per heavy atom. The van der Waals surface area contributed by atoms with Crippen molar-refractivity contribution in [1.29, 1.82) is 0 Å². The lowest BCUT2D eigenvalue weighted by Crippen LogP contribution is -2.35. The van der Waals surface area contributed by atoms with Gasteiger partial charge >= 0.3 is 6.18 Å². The number of carbonyl (C=O) groups excluding carboxylic acids is 1. The molecule has 148 valence electrons. The van der Waals surface area contributed by atoms with Crippen LogP contribution in [-0.2, 0) is 28.8 Å². The van der Waals surface area contributed by atoms with Gasteiger partial charge in [0.2, 0.25) is 5.91 Å². The molecule has 2 rings (SSSR count). The number of aromatic nitrogens is 4. The molecule has 1 N–H and O–H groups in total. The lowest BCUT2D eigenvalue weighted by atomic mass is 10.2. The smallest absolute Gasteiger partial charge is 0.383 e. The first-order chi connectivity index (χ1) is 12.6. The Morgan fingerprint density at radius 3 is 2.74 bits per heavy atom. The average molecular weight is 408 g/mol. The van der Waals surface area contributed by atoms with Crippen molar-refractivity contribution in [3.8, 4) is 0 Å². The van der Waals surface area contributed by atoms with E-state index in [1.165, 1.54) is 13.4 Å². The number of nitrogens with one attached hydrogen (secondary N) is 1. The number of nitrogens with zero attached hydrogens (tertiary/aromatic N) is 4. The number of halogens is 4. The fourth-order valence-electron chi connectivity index (χ4n) is 2.34. The van der Waals surface area contributed by atoms with E-state index in [-0.39, 0.29) is 0 Å². The topological polar surface area (TPSA) is 91.0 Å². The van der Waals surface area contributed by atoms with Gasteiger partial charge in [0, 0.05) is 19.9 Å². The molecule has 0 fully saturated rings. The van der Waals surface area contributed by atoms with Crippen molar-refractivity contribution in [3.63, 3.8) is 0 Å². The fraction of sp³-hybridized carbons (Fsp3) is 0.467. The van der Waals surface area contributed by atoms with Crippen molar-refractivity contribution < 1.29 is 22.7 Å². The highest BCUT2D eigenvalue weighted by Crippen LogP contribution is 2.29. The molecule has 0 aliphatic carbocycles. The molecule has 8 nitrogen and oxygen atoms in total. The third-order valence-corrected chi connectivity index (χ3v) is 3.90. The Labute approximate surface area is 156 Å². The quantitative estimate of drug-likeness (QED) is 0.753. The van der Waals surface area contributed by atoms with Crippen LogP contribution < -0.4 is 10.9 Å². The summed E-state index contributed by atoms with van der Waals surface area (Å²) >= 11 is 5.57. The molecule has 0 unspecified atom stereocenters. The second kappa shape index (κ2) is 8.53. The van der Waals surface area contributed by atoms with Crippen molar-refractivity contribution in [1.82, 2.24) is 24.6 Å². The first kappa shape index (κ1) is 20.9. The molecule has 0 radical (unpaired) electrons. The van der Waals surface area contributed by atoms with E-state index in [4.69, 9.17) is 16.3 Å². The van der Waals surface area contributed by atoms with Gasteiger partial charge in [0.1, 0.15) is 17.9 Å². The van der Waals surface area contributed by atoms with E-state index >= 15 is 0 Å². The van der Waals surface area contributed by atoms with Gasteiger partial charge in [0.05, 0.1) is 18.2 Å². The van der Waals surface area contributed by atoms with Crippen LogP contribution in [0.2, 0.25) is 5.02 Å². The number of rotatable bonds is 7. The molecule has 0 aliphatic rings. The fourth-order valence-corrected chi connectivity index (χ4v) is 2.57. The van der Waals surface area contributed by atoms with E-state index < -0.39 is 40.8 Å². The highest BCUT2D eigenvalue weighted by Gasteiger charge is 2.32. The van der Waals surface area contributed by atoms with Crippen molar-refractivity contribution >= 4 is 17.5 Å². The number of alkyl halides is 3. The monoisotopic (exact) mass is 407 g/mol. The zero-order valence-electron chi connectivity index (χ0n) is 14.5. The minimum atomic E-state index is -4.69. The first-order valence-electron chi connectivity index (χ1n) is 7.76. The van der Waals surface area contributed by atoms with E-state index in [2.05, 4.69) is 15.5 Å². The van der Waals surface area contributed by atoms with Gasteiger partial charge in [-0.1, -0.05) is 11.6 Å². The molecular weight excluding hydrogens is 391 g/mol. The van der Waals surface area contributed by atoms with Crippen LogP contribution in [0.5, 0.6) is 0 Å². The predicted octanol–water partition coefficient (Wildman–Crippen LogP) is 1.64. The molecule has 12 heteroatoms. The minimum Gasteiger partial charge on any atom is -0.383 e. The number of hydrogen-bond acceptors (Lipinski definition) is 5. The van der Waals surface area contributed by atoms with Crippen molar-refractivity contribution in [3.05, 3.63) is 45.4 Å². The summed E-state index contributed by atoms with van der Waals surface area (Å²) in [6, 6.07) is -0.0621. The van der Waals surface area contributed by atoms with Gasteiger partial charge in [-0.3, -0.25) is 9.59 Å². The van der Waals surface area contributed by atoms with Crippen molar-refractivity contribution in [2.45, 2.75) is 32.2 Å². The minimum absolute atomic E-state index is 0.407. The van der Waals surface area contributed by atoms with Crippen LogP contribution in [0.1, 0.15) is 24.4 Å². The van der Waals surface area contributed by atoms with Crippen molar-refractivity contribution in [2.75, 3.05) is 13.7 Å². The van der Waals surface area contributed by atoms with E-state index in [1.807, 2.05) is 0 Å². The molecule has 2 aromatic rings. The summed E-state index contributed by atoms with van der Waals surface area (Å²) < 4.78 is 45.8. The summed E-state index contributed by atoms with van der Waals surface area (Å²) in [5, 5.41) is 9.62. The summed E-state index contributed by atoms with van der Waals surface area (Å²) in [4.78, 5) is 24.1. The van der Waals surface area contributed by atoms with E-state index in [9.17, 15) is 22.8 Å². The van der Waals surface area contributed by atoms with E-state index in [1.54, 1.807) is 11.5 Å². The zero-order valence-corrected chi connectivity index (χ0v) is 15.2. The Morgan fingerprint density at radius 1 is 1.41 bits per heavy atom. The lowest BCUT2D eigenvalue weighted by Gasteiger charge is -2.16.